The number of carbonyl (C=O) groups excluding carboxylic acids is 2. The summed E-state index contributed by atoms with van der Waals surface area (Å²) in [6.45, 7) is 0.444. The first-order chi connectivity index (χ1) is 17.8. The van der Waals surface area contributed by atoms with Crippen LogP contribution in [0.4, 0.5) is 30.2 Å². The van der Waals surface area contributed by atoms with Crippen molar-refractivity contribution in [3.8, 4) is 11.5 Å². The van der Waals surface area contributed by atoms with Gasteiger partial charge in [0.25, 0.3) is 10.0 Å². The van der Waals surface area contributed by atoms with Gasteiger partial charge in [0.2, 0.25) is 11.8 Å². The molecule has 0 aliphatic rings. The van der Waals surface area contributed by atoms with Gasteiger partial charge in [0.1, 0.15) is 6.54 Å². The molecule has 3 aromatic carbocycles. The highest BCUT2D eigenvalue weighted by Gasteiger charge is 2.33. The predicted molar refractivity (Wildman–Crippen MR) is 135 cm³/mol. The number of methoxy groups -OCH3 is 2. The topological polar surface area (TPSA) is 114 Å². The van der Waals surface area contributed by atoms with Gasteiger partial charge in [-0.3, -0.25) is 13.9 Å². The van der Waals surface area contributed by atoms with Gasteiger partial charge in [-0.1, -0.05) is 12.1 Å². The third-order valence-electron chi connectivity index (χ3n) is 5.16. The van der Waals surface area contributed by atoms with Gasteiger partial charge in [0, 0.05) is 24.4 Å². The standard InChI is InChI=1S/C25H24F3N3O6S/c1-16(32)29-18-7-5-8-19(13-18)30-24(33)15-31(20-9-4-6-17(12-20)25(26,27)28)38(34,35)21-10-11-22(36-2)23(14-21)37-3/h4-14H,15H2,1-3H3,(H,29,32)(H,30,33). The Kier molecular flexibility index (Phi) is 8.51. The van der Waals surface area contributed by atoms with E-state index >= 15 is 0 Å². The number of nitrogens with one attached hydrogen (secondary N) is 2. The fraction of sp³-hybridized carbons (Fsp3) is 0.200. The smallest absolute Gasteiger partial charge is 0.416 e. The third-order valence-corrected chi connectivity index (χ3v) is 6.93. The molecular formula is C25H24F3N3O6S. The van der Waals surface area contributed by atoms with Gasteiger partial charge in [0.15, 0.2) is 11.5 Å². The maximum atomic E-state index is 13.6. The Morgan fingerprint density at radius 1 is 0.868 bits per heavy atom. The van der Waals surface area contributed by atoms with Gasteiger partial charge in [-0.05, 0) is 48.5 Å². The van der Waals surface area contributed by atoms with Crippen LogP contribution >= 0.6 is 0 Å². The van der Waals surface area contributed by atoms with Crippen molar-refractivity contribution in [1.29, 1.82) is 0 Å². The van der Waals surface area contributed by atoms with E-state index in [-0.39, 0.29) is 33.7 Å². The lowest BCUT2D eigenvalue weighted by molar-refractivity contribution is -0.137. The normalized spacial score (nSPS) is 11.4. The molecule has 38 heavy (non-hydrogen) atoms. The first-order valence-electron chi connectivity index (χ1n) is 10.9. The summed E-state index contributed by atoms with van der Waals surface area (Å²) in [5.74, 6) is -0.887. The van der Waals surface area contributed by atoms with E-state index < -0.39 is 34.2 Å². The lowest BCUT2D eigenvalue weighted by Crippen LogP contribution is -2.38. The summed E-state index contributed by atoms with van der Waals surface area (Å²) in [7, 11) is -1.93. The van der Waals surface area contributed by atoms with Crippen LogP contribution in [-0.4, -0.2) is 41.0 Å². The number of carbonyl (C=O) groups is 2. The van der Waals surface area contributed by atoms with Gasteiger partial charge in [-0.2, -0.15) is 13.2 Å². The molecule has 2 N–H and O–H groups in total. The summed E-state index contributed by atoms with van der Waals surface area (Å²) < 4.78 is 78.3. The number of nitrogens with zero attached hydrogens (tertiary/aromatic N) is 1. The fourth-order valence-corrected chi connectivity index (χ4v) is 4.89. The molecule has 0 aliphatic carbocycles. The van der Waals surface area contributed by atoms with E-state index in [4.69, 9.17) is 9.47 Å². The molecule has 0 saturated heterocycles. The summed E-state index contributed by atoms with van der Waals surface area (Å²) in [6.07, 6.45) is -4.75. The Bertz CT molecular complexity index is 1440. The molecule has 3 rings (SSSR count). The van der Waals surface area contributed by atoms with Crippen LogP contribution < -0.4 is 24.4 Å². The second-order valence-electron chi connectivity index (χ2n) is 7.89. The van der Waals surface area contributed by atoms with E-state index in [1.54, 1.807) is 12.1 Å². The Balaban J connectivity index is 2.02. The fourth-order valence-electron chi connectivity index (χ4n) is 3.47. The molecule has 9 nitrogen and oxygen atoms in total. The van der Waals surface area contributed by atoms with Crippen LogP contribution in [0, 0.1) is 0 Å². The molecule has 0 unspecified atom stereocenters. The van der Waals surface area contributed by atoms with Gasteiger partial charge < -0.3 is 20.1 Å². The monoisotopic (exact) mass is 551 g/mol. The van der Waals surface area contributed by atoms with Gasteiger partial charge >= 0.3 is 6.18 Å². The summed E-state index contributed by atoms with van der Waals surface area (Å²) in [4.78, 5) is 23.9. The SMILES string of the molecule is COc1ccc(S(=O)(=O)N(CC(=O)Nc2cccc(NC(C)=O)c2)c2cccc(C(F)(F)F)c2)cc1OC. The molecule has 202 valence electrons. The summed E-state index contributed by atoms with van der Waals surface area (Å²) in [6, 6.07) is 13.3. The largest absolute Gasteiger partial charge is 0.493 e. The van der Waals surface area contributed by atoms with E-state index in [0.717, 1.165) is 24.3 Å². The Morgan fingerprint density at radius 3 is 2.11 bits per heavy atom. The highest BCUT2D eigenvalue weighted by Crippen LogP contribution is 2.35. The first-order valence-corrected chi connectivity index (χ1v) is 12.4. The number of alkyl halides is 3. The number of halogens is 3. The molecule has 0 fully saturated rings. The minimum absolute atomic E-state index is 0.0665. The Labute approximate surface area is 217 Å². The number of hydrogen-bond acceptors (Lipinski definition) is 6. The van der Waals surface area contributed by atoms with Gasteiger partial charge in [0.05, 0.1) is 30.4 Å². The number of anilines is 3. The van der Waals surface area contributed by atoms with Crippen molar-refractivity contribution in [2.45, 2.75) is 18.0 Å². The van der Waals surface area contributed by atoms with Crippen LogP contribution in [-0.2, 0) is 25.8 Å². The molecule has 0 bridgehead atoms. The summed E-state index contributed by atoms with van der Waals surface area (Å²) in [5, 5.41) is 5.05. The molecule has 0 spiro atoms. The van der Waals surface area contributed by atoms with Gasteiger partial charge in [-0.25, -0.2) is 8.42 Å². The van der Waals surface area contributed by atoms with E-state index in [1.165, 1.54) is 45.4 Å². The van der Waals surface area contributed by atoms with Crippen LogP contribution in [0.15, 0.2) is 71.6 Å². The minimum atomic E-state index is -4.75. The molecule has 0 atom stereocenters. The highest BCUT2D eigenvalue weighted by molar-refractivity contribution is 7.92. The lowest BCUT2D eigenvalue weighted by atomic mass is 10.2. The summed E-state index contributed by atoms with van der Waals surface area (Å²) >= 11 is 0. The van der Waals surface area contributed by atoms with Crippen molar-refractivity contribution in [3.63, 3.8) is 0 Å². The van der Waals surface area contributed by atoms with E-state index in [0.29, 0.717) is 16.1 Å². The zero-order valence-corrected chi connectivity index (χ0v) is 21.3. The molecule has 3 aromatic rings. The zero-order chi connectivity index (χ0) is 28.1. The van der Waals surface area contributed by atoms with Gasteiger partial charge in [-0.15, -0.1) is 0 Å². The van der Waals surface area contributed by atoms with E-state index in [9.17, 15) is 31.2 Å². The van der Waals surface area contributed by atoms with Crippen LogP contribution in [0.1, 0.15) is 12.5 Å². The Morgan fingerprint density at radius 2 is 1.50 bits per heavy atom. The van der Waals surface area contributed by atoms with Crippen molar-refractivity contribution in [2.75, 3.05) is 35.7 Å². The van der Waals surface area contributed by atoms with Crippen molar-refractivity contribution in [3.05, 3.63) is 72.3 Å². The number of hydrogen-bond donors (Lipinski definition) is 2. The average Bonchev–Trinajstić information content (AvgIpc) is 2.86. The van der Waals surface area contributed by atoms with E-state index in [1.807, 2.05) is 0 Å². The Hall–Kier alpha value is -4.26. The third kappa shape index (κ3) is 6.73. The van der Waals surface area contributed by atoms with Crippen LogP contribution in [0.5, 0.6) is 11.5 Å². The molecule has 0 radical (unpaired) electrons. The molecular weight excluding hydrogens is 527 g/mol. The number of ether oxygens (including phenoxy) is 2. The van der Waals surface area contributed by atoms with Crippen molar-refractivity contribution >= 4 is 38.9 Å². The number of rotatable bonds is 9. The van der Waals surface area contributed by atoms with Crippen LogP contribution in [0.2, 0.25) is 0 Å². The second kappa shape index (κ2) is 11.4. The second-order valence-corrected chi connectivity index (χ2v) is 9.75. The number of benzene rings is 3. The molecule has 0 aliphatic heterocycles. The van der Waals surface area contributed by atoms with Crippen molar-refractivity contribution in [1.82, 2.24) is 0 Å². The van der Waals surface area contributed by atoms with Crippen LogP contribution in [0.25, 0.3) is 0 Å². The summed E-state index contributed by atoms with van der Waals surface area (Å²) in [5.41, 5.74) is -0.862. The van der Waals surface area contributed by atoms with Crippen LogP contribution in [0.3, 0.4) is 0 Å². The number of amides is 2. The molecule has 2 amide bonds. The minimum Gasteiger partial charge on any atom is -0.493 e. The molecule has 0 aromatic heterocycles. The molecule has 0 heterocycles. The maximum Gasteiger partial charge on any atom is 0.416 e. The quantitative estimate of drug-likeness (QED) is 0.405. The number of sulfonamides is 1. The molecule has 0 saturated carbocycles. The lowest BCUT2D eigenvalue weighted by Gasteiger charge is -2.25. The molecule has 13 heteroatoms. The highest BCUT2D eigenvalue weighted by atomic mass is 32.2. The van der Waals surface area contributed by atoms with Crippen molar-refractivity contribution in [2.24, 2.45) is 0 Å². The zero-order valence-electron chi connectivity index (χ0n) is 20.5. The average molecular weight is 552 g/mol. The maximum absolute atomic E-state index is 13.6. The van der Waals surface area contributed by atoms with E-state index in [2.05, 4.69) is 10.6 Å². The first kappa shape index (κ1) is 28.3. The van der Waals surface area contributed by atoms with Crippen molar-refractivity contribution < 1.29 is 40.7 Å². The predicted octanol–water partition coefficient (Wildman–Crippen LogP) is 4.52.